The van der Waals surface area contributed by atoms with Gasteiger partial charge in [-0.1, -0.05) is 0 Å². The minimum atomic E-state index is -3.66. The van der Waals surface area contributed by atoms with Gasteiger partial charge in [-0.3, -0.25) is 0 Å². The number of fused-ring (bicyclic) bond motifs is 1. The second-order valence-electron chi connectivity index (χ2n) is 5.50. The summed E-state index contributed by atoms with van der Waals surface area (Å²) in [7, 11) is -6.97. The molecule has 0 atom stereocenters. The predicted octanol–water partition coefficient (Wildman–Crippen LogP) is 0.219. The minimum Gasteiger partial charge on any atom is -0.345 e. The highest BCUT2D eigenvalue weighted by Gasteiger charge is 2.29. The third-order valence-corrected chi connectivity index (χ3v) is 7.11. The highest BCUT2D eigenvalue weighted by Crippen LogP contribution is 2.21. The number of imidazole rings is 1. The lowest BCUT2D eigenvalue weighted by Gasteiger charge is -2.20. The monoisotopic (exact) mass is 358 g/mol. The molecule has 2 aromatic rings. The molecule has 1 aliphatic rings. The minimum absolute atomic E-state index is 0.149. The van der Waals surface area contributed by atoms with E-state index in [9.17, 15) is 16.8 Å². The molecule has 8 nitrogen and oxygen atoms in total. The first kappa shape index (κ1) is 16.4. The fourth-order valence-corrected chi connectivity index (χ4v) is 5.04. The molecule has 10 heteroatoms. The molecule has 23 heavy (non-hydrogen) atoms. The van der Waals surface area contributed by atoms with Crippen LogP contribution in [0.3, 0.4) is 0 Å². The predicted molar refractivity (Wildman–Crippen MR) is 85.9 cm³/mol. The molecule has 3 rings (SSSR count). The van der Waals surface area contributed by atoms with Crippen LogP contribution in [0.4, 0.5) is 0 Å². The maximum atomic E-state index is 12.8. The molecule has 0 bridgehead atoms. The van der Waals surface area contributed by atoms with Gasteiger partial charge in [0.2, 0.25) is 20.0 Å². The Morgan fingerprint density at radius 2 is 1.74 bits per heavy atom. The quantitative estimate of drug-likeness (QED) is 0.845. The molecule has 0 saturated carbocycles. The molecule has 0 radical (unpaired) electrons. The summed E-state index contributed by atoms with van der Waals surface area (Å²) in [6.07, 6.45) is 3.12. The van der Waals surface area contributed by atoms with E-state index in [0.717, 1.165) is 6.26 Å². The number of hydrogen-bond acceptors (Lipinski definition) is 5. The average molecular weight is 358 g/mol. The van der Waals surface area contributed by atoms with Crippen LogP contribution in [0.25, 0.3) is 11.0 Å². The van der Waals surface area contributed by atoms with Crippen molar-refractivity contribution in [1.29, 1.82) is 0 Å². The topological polar surface area (TPSA) is 103 Å². The highest BCUT2D eigenvalue weighted by atomic mass is 32.2. The lowest BCUT2D eigenvalue weighted by Crippen LogP contribution is -2.36. The SMILES string of the molecule is CS(=O)(=O)N1CCCN(S(=O)(=O)c2ccc3nc[nH]c3c2)CC1. The van der Waals surface area contributed by atoms with E-state index in [4.69, 9.17) is 0 Å². The second-order valence-corrected chi connectivity index (χ2v) is 9.42. The molecular formula is C13H18N4O4S2. The number of H-pyrrole nitrogens is 1. The van der Waals surface area contributed by atoms with Crippen LogP contribution in [0.2, 0.25) is 0 Å². The third-order valence-electron chi connectivity index (χ3n) is 3.91. The number of aromatic nitrogens is 2. The normalized spacial score (nSPS) is 19.0. The molecule has 1 aromatic heterocycles. The second kappa shape index (κ2) is 5.86. The molecule has 0 unspecified atom stereocenters. The Balaban J connectivity index is 1.87. The van der Waals surface area contributed by atoms with E-state index in [1.165, 1.54) is 21.0 Å². The number of hydrogen-bond donors (Lipinski definition) is 1. The van der Waals surface area contributed by atoms with Crippen molar-refractivity contribution in [3.05, 3.63) is 24.5 Å². The molecule has 1 fully saturated rings. The zero-order valence-electron chi connectivity index (χ0n) is 12.6. The van der Waals surface area contributed by atoms with Crippen molar-refractivity contribution in [3.63, 3.8) is 0 Å². The van der Waals surface area contributed by atoms with Gasteiger partial charge < -0.3 is 4.98 Å². The fourth-order valence-electron chi connectivity index (χ4n) is 2.67. The van der Waals surface area contributed by atoms with Gasteiger partial charge in [0.15, 0.2) is 0 Å². The van der Waals surface area contributed by atoms with E-state index in [1.807, 2.05) is 0 Å². The van der Waals surface area contributed by atoms with Crippen LogP contribution in [-0.4, -0.2) is 67.8 Å². The van der Waals surface area contributed by atoms with Crippen molar-refractivity contribution in [1.82, 2.24) is 18.6 Å². The van der Waals surface area contributed by atoms with Crippen molar-refractivity contribution in [2.75, 3.05) is 32.4 Å². The number of nitrogens with one attached hydrogen (secondary N) is 1. The van der Waals surface area contributed by atoms with Crippen LogP contribution in [0.5, 0.6) is 0 Å². The first-order valence-electron chi connectivity index (χ1n) is 7.17. The van der Waals surface area contributed by atoms with Crippen molar-refractivity contribution in [3.8, 4) is 0 Å². The maximum absolute atomic E-state index is 12.8. The van der Waals surface area contributed by atoms with Crippen molar-refractivity contribution in [2.24, 2.45) is 0 Å². The van der Waals surface area contributed by atoms with Crippen LogP contribution in [-0.2, 0) is 20.0 Å². The Morgan fingerprint density at radius 3 is 2.48 bits per heavy atom. The van der Waals surface area contributed by atoms with Gasteiger partial charge in [0.1, 0.15) is 0 Å². The summed E-state index contributed by atoms with van der Waals surface area (Å²) in [5.74, 6) is 0. The number of rotatable bonds is 3. The van der Waals surface area contributed by atoms with Crippen LogP contribution < -0.4 is 0 Å². The third kappa shape index (κ3) is 3.25. The molecule has 1 aliphatic heterocycles. The van der Waals surface area contributed by atoms with Gasteiger partial charge >= 0.3 is 0 Å². The summed E-state index contributed by atoms with van der Waals surface area (Å²) in [6, 6.07) is 4.73. The first-order chi connectivity index (χ1) is 10.8. The largest absolute Gasteiger partial charge is 0.345 e. The molecule has 0 aliphatic carbocycles. The van der Waals surface area contributed by atoms with Gasteiger partial charge in [0.05, 0.1) is 28.5 Å². The molecule has 1 N–H and O–H groups in total. The molecular weight excluding hydrogens is 340 g/mol. The molecule has 2 heterocycles. The Bertz CT molecular complexity index is 920. The van der Waals surface area contributed by atoms with Crippen LogP contribution in [0, 0.1) is 0 Å². The summed E-state index contributed by atoms with van der Waals surface area (Å²) in [4.78, 5) is 7.14. The lowest BCUT2D eigenvalue weighted by molar-refractivity contribution is 0.406. The molecule has 0 spiro atoms. The fraction of sp³-hybridized carbons (Fsp3) is 0.462. The summed E-state index contributed by atoms with van der Waals surface area (Å²) in [5, 5.41) is 0. The van der Waals surface area contributed by atoms with E-state index in [0.29, 0.717) is 30.5 Å². The summed E-state index contributed by atoms with van der Waals surface area (Å²) in [5.41, 5.74) is 1.35. The first-order valence-corrected chi connectivity index (χ1v) is 10.5. The van der Waals surface area contributed by atoms with Gasteiger partial charge in [-0.15, -0.1) is 0 Å². The maximum Gasteiger partial charge on any atom is 0.243 e. The number of sulfonamides is 2. The molecule has 1 saturated heterocycles. The van der Waals surface area contributed by atoms with Gasteiger partial charge in [0, 0.05) is 26.2 Å². The lowest BCUT2D eigenvalue weighted by atomic mass is 10.3. The standard InChI is InChI=1S/C13H18N4O4S2/c1-22(18,19)16-5-2-6-17(8-7-16)23(20,21)11-3-4-12-13(9-11)15-10-14-12/h3-4,9-10H,2,5-8H2,1H3,(H,14,15). The Kier molecular flexibility index (Phi) is 4.17. The van der Waals surface area contributed by atoms with Crippen molar-refractivity contribution in [2.45, 2.75) is 11.3 Å². The van der Waals surface area contributed by atoms with Gasteiger partial charge in [-0.05, 0) is 24.6 Å². The number of nitrogens with zero attached hydrogens (tertiary/aromatic N) is 3. The summed E-state index contributed by atoms with van der Waals surface area (Å²) < 4.78 is 51.5. The molecule has 1 aromatic carbocycles. The number of aromatic amines is 1. The number of benzene rings is 1. The van der Waals surface area contributed by atoms with Crippen LogP contribution in [0.1, 0.15) is 6.42 Å². The highest BCUT2D eigenvalue weighted by molar-refractivity contribution is 7.89. The van der Waals surface area contributed by atoms with Gasteiger partial charge in [-0.2, -0.15) is 4.31 Å². The van der Waals surface area contributed by atoms with Gasteiger partial charge in [0.25, 0.3) is 0 Å². The van der Waals surface area contributed by atoms with Crippen LogP contribution in [0.15, 0.2) is 29.4 Å². The van der Waals surface area contributed by atoms with Crippen molar-refractivity contribution < 1.29 is 16.8 Å². The average Bonchev–Trinajstić information content (AvgIpc) is 2.78. The van der Waals surface area contributed by atoms with Crippen molar-refractivity contribution >= 4 is 31.1 Å². The van der Waals surface area contributed by atoms with E-state index in [2.05, 4.69) is 9.97 Å². The van der Waals surface area contributed by atoms with Crippen LogP contribution >= 0.6 is 0 Å². The molecule has 0 amide bonds. The van der Waals surface area contributed by atoms with E-state index >= 15 is 0 Å². The van der Waals surface area contributed by atoms with Gasteiger partial charge in [-0.25, -0.2) is 26.1 Å². The Morgan fingerprint density at radius 1 is 1.04 bits per heavy atom. The van der Waals surface area contributed by atoms with E-state index in [-0.39, 0.29) is 18.0 Å². The Labute approximate surface area is 135 Å². The Hall–Kier alpha value is -1.49. The zero-order valence-corrected chi connectivity index (χ0v) is 14.3. The smallest absolute Gasteiger partial charge is 0.243 e. The molecule has 126 valence electrons. The summed E-state index contributed by atoms with van der Waals surface area (Å²) >= 11 is 0. The summed E-state index contributed by atoms with van der Waals surface area (Å²) in [6.45, 7) is 0.959. The van der Waals surface area contributed by atoms with E-state index in [1.54, 1.807) is 12.1 Å². The van der Waals surface area contributed by atoms with E-state index < -0.39 is 20.0 Å². The zero-order chi connectivity index (χ0) is 16.7.